The maximum Gasteiger partial charge on any atom is 0.347 e. The molecule has 5 nitrogen and oxygen atoms in total. The summed E-state index contributed by atoms with van der Waals surface area (Å²) in [5.74, 6) is 0.161. The summed E-state index contributed by atoms with van der Waals surface area (Å²) in [6.07, 6.45) is -0.0647. The fourth-order valence-electron chi connectivity index (χ4n) is 1.31. The molecule has 1 aromatic carbocycles. The van der Waals surface area contributed by atoms with Crippen LogP contribution in [0.25, 0.3) is 0 Å². The second kappa shape index (κ2) is 7.55. The van der Waals surface area contributed by atoms with Crippen molar-refractivity contribution in [3.63, 3.8) is 0 Å². The standard InChI is InChI=1S/C13H18O5/c1-3-8-17-10-4-6-11(7-5-10)18-12(9-16-2)13(14)15/h4-7,12H,3,8-9H2,1-2H3,(H,14,15). The van der Waals surface area contributed by atoms with Gasteiger partial charge < -0.3 is 19.3 Å². The quantitative estimate of drug-likeness (QED) is 0.768. The highest BCUT2D eigenvalue weighted by molar-refractivity contribution is 5.72. The summed E-state index contributed by atoms with van der Waals surface area (Å²) in [5, 5.41) is 8.91. The maximum absolute atomic E-state index is 10.9. The Morgan fingerprint density at radius 2 is 1.89 bits per heavy atom. The van der Waals surface area contributed by atoms with E-state index < -0.39 is 12.1 Å². The van der Waals surface area contributed by atoms with Crippen LogP contribution in [0.5, 0.6) is 11.5 Å². The van der Waals surface area contributed by atoms with E-state index in [-0.39, 0.29) is 6.61 Å². The number of carbonyl (C=O) groups is 1. The summed E-state index contributed by atoms with van der Waals surface area (Å²) >= 11 is 0. The van der Waals surface area contributed by atoms with E-state index in [2.05, 4.69) is 0 Å². The van der Waals surface area contributed by atoms with Gasteiger partial charge in [0.05, 0.1) is 13.2 Å². The van der Waals surface area contributed by atoms with Gasteiger partial charge >= 0.3 is 5.97 Å². The van der Waals surface area contributed by atoms with Crippen molar-refractivity contribution in [2.75, 3.05) is 20.3 Å². The van der Waals surface area contributed by atoms with Crippen LogP contribution in [0.2, 0.25) is 0 Å². The van der Waals surface area contributed by atoms with Crippen LogP contribution < -0.4 is 9.47 Å². The van der Waals surface area contributed by atoms with Crippen molar-refractivity contribution >= 4 is 5.97 Å². The molecule has 100 valence electrons. The molecule has 5 heteroatoms. The Morgan fingerprint density at radius 3 is 2.39 bits per heavy atom. The maximum atomic E-state index is 10.9. The van der Waals surface area contributed by atoms with Crippen LogP contribution in [0.15, 0.2) is 24.3 Å². The lowest BCUT2D eigenvalue weighted by Gasteiger charge is -2.14. The van der Waals surface area contributed by atoms with Crippen molar-refractivity contribution in [3.05, 3.63) is 24.3 Å². The van der Waals surface area contributed by atoms with Gasteiger partial charge in [-0.3, -0.25) is 0 Å². The molecule has 1 rings (SSSR count). The summed E-state index contributed by atoms with van der Waals surface area (Å²) in [7, 11) is 1.43. The molecule has 1 atom stereocenters. The van der Waals surface area contributed by atoms with E-state index in [1.54, 1.807) is 24.3 Å². The second-order valence-electron chi connectivity index (χ2n) is 3.72. The first-order valence-corrected chi connectivity index (χ1v) is 5.78. The largest absolute Gasteiger partial charge is 0.494 e. The summed E-state index contributed by atoms with van der Waals surface area (Å²) in [6.45, 7) is 2.69. The fraction of sp³-hybridized carbons (Fsp3) is 0.462. The minimum Gasteiger partial charge on any atom is -0.494 e. The average molecular weight is 254 g/mol. The van der Waals surface area contributed by atoms with Crippen molar-refractivity contribution in [3.8, 4) is 11.5 Å². The Morgan fingerprint density at radius 1 is 1.28 bits per heavy atom. The highest BCUT2D eigenvalue weighted by Gasteiger charge is 2.18. The van der Waals surface area contributed by atoms with E-state index >= 15 is 0 Å². The Balaban J connectivity index is 2.58. The van der Waals surface area contributed by atoms with Gasteiger partial charge in [-0.15, -0.1) is 0 Å². The molecule has 0 aromatic heterocycles. The first-order valence-electron chi connectivity index (χ1n) is 5.78. The molecule has 0 heterocycles. The molecule has 0 saturated heterocycles. The first-order chi connectivity index (χ1) is 8.67. The monoisotopic (exact) mass is 254 g/mol. The smallest absolute Gasteiger partial charge is 0.347 e. The molecule has 0 aliphatic carbocycles. The molecule has 18 heavy (non-hydrogen) atoms. The summed E-state index contributed by atoms with van der Waals surface area (Å²) in [6, 6.07) is 6.85. The van der Waals surface area contributed by atoms with Gasteiger partial charge in [0, 0.05) is 7.11 Å². The lowest BCUT2D eigenvalue weighted by molar-refractivity contribution is -0.147. The molecule has 0 fully saturated rings. The number of aliphatic carboxylic acids is 1. The lowest BCUT2D eigenvalue weighted by Crippen LogP contribution is -2.31. The zero-order valence-electron chi connectivity index (χ0n) is 10.6. The fourth-order valence-corrected chi connectivity index (χ4v) is 1.31. The number of carboxylic acid groups (broad SMARTS) is 1. The van der Waals surface area contributed by atoms with Gasteiger partial charge in [-0.2, -0.15) is 0 Å². The number of hydrogen-bond acceptors (Lipinski definition) is 4. The van der Waals surface area contributed by atoms with Crippen LogP contribution in [-0.2, 0) is 9.53 Å². The van der Waals surface area contributed by atoms with Gasteiger partial charge in [-0.05, 0) is 30.7 Å². The molecule has 0 aliphatic rings. The Kier molecular flexibility index (Phi) is 6.00. The second-order valence-corrected chi connectivity index (χ2v) is 3.72. The normalized spacial score (nSPS) is 11.9. The number of hydrogen-bond donors (Lipinski definition) is 1. The molecule has 0 amide bonds. The van der Waals surface area contributed by atoms with Crippen molar-refractivity contribution < 1.29 is 24.1 Å². The van der Waals surface area contributed by atoms with Gasteiger partial charge in [-0.25, -0.2) is 4.79 Å². The summed E-state index contributed by atoms with van der Waals surface area (Å²) in [4.78, 5) is 10.9. The van der Waals surface area contributed by atoms with Crippen LogP contribution in [0.1, 0.15) is 13.3 Å². The highest BCUT2D eigenvalue weighted by atomic mass is 16.5. The number of methoxy groups -OCH3 is 1. The van der Waals surface area contributed by atoms with Gasteiger partial charge in [0.25, 0.3) is 0 Å². The zero-order valence-corrected chi connectivity index (χ0v) is 10.6. The topological polar surface area (TPSA) is 65.0 Å². The number of rotatable bonds is 8. The van der Waals surface area contributed by atoms with Crippen molar-refractivity contribution in [1.82, 2.24) is 0 Å². The molecule has 0 radical (unpaired) electrons. The van der Waals surface area contributed by atoms with E-state index in [1.807, 2.05) is 6.92 Å². The SMILES string of the molecule is CCCOc1ccc(OC(COC)C(=O)O)cc1. The summed E-state index contributed by atoms with van der Waals surface area (Å²) in [5.41, 5.74) is 0. The van der Waals surface area contributed by atoms with E-state index in [1.165, 1.54) is 7.11 Å². The van der Waals surface area contributed by atoms with Crippen LogP contribution in [0, 0.1) is 0 Å². The molecule has 0 bridgehead atoms. The minimum absolute atomic E-state index is 0.00339. The van der Waals surface area contributed by atoms with E-state index in [9.17, 15) is 4.79 Å². The number of benzene rings is 1. The molecular formula is C13H18O5. The molecule has 1 unspecified atom stereocenters. The minimum atomic E-state index is -1.05. The third-order valence-electron chi connectivity index (χ3n) is 2.17. The molecule has 1 aromatic rings. The van der Waals surface area contributed by atoms with E-state index in [0.29, 0.717) is 12.4 Å². The van der Waals surface area contributed by atoms with Gasteiger partial charge in [-0.1, -0.05) is 6.92 Å². The van der Waals surface area contributed by atoms with Crippen molar-refractivity contribution in [2.24, 2.45) is 0 Å². The lowest BCUT2D eigenvalue weighted by atomic mass is 10.3. The van der Waals surface area contributed by atoms with Crippen LogP contribution in [0.4, 0.5) is 0 Å². The first kappa shape index (κ1) is 14.3. The van der Waals surface area contributed by atoms with E-state index in [4.69, 9.17) is 19.3 Å². The van der Waals surface area contributed by atoms with Crippen molar-refractivity contribution in [1.29, 1.82) is 0 Å². The average Bonchev–Trinajstić information content (AvgIpc) is 2.37. The molecule has 0 spiro atoms. The molecule has 1 N–H and O–H groups in total. The predicted octanol–water partition coefficient (Wildman–Crippen LogP) is 1.95. The Hall–Kier alpha value is -1.75. The number of ether oxygens (including phenoxy) is 3. The van der Waals surface area contributed by atoms with Crippen LogP contribution in [-0.4, -0.2) is 37.5 Å². The van der Waals surface area contributed by atoms with E-state index in [0.717, 1.165) is 12.2 Å². The predicted molar refractivity (Wildman–Crippen MR) is 66.2 cm³/mol. The van der Waals surface area contributed by atoms with Crippen LogP contribution in [0.3, 0.4) is 0 Å². The highest BCUT2D eigenvalue weighted by Crippen LogP contribution is 2.19. The third kappa shape index (κ3) is 4.63. The van der Waals surface area contributed by atoms with Gasteiger partial charge in [0.1, 0.15) is 11.5 Å². The number of carboxylic acids is 1. The van der Waals surface area contributed by atoms with Gasteiger partial charge in [0.15, 0.2) is 0 Å². The zero-order chi connectivity index (χ0) is 13.4. The molecule has 0 saturated carbocycles. The Labute approximate surface area is 106 Å². The molecule has 0 aliphatic heterocycles. The third-order valence-corrected chi connectivity index (χ3v) is 2.17. The van der Waals surface area contributed by atoms with Gasteiger partial charge in [0.2, 0.25) is 6.10 Å². The summed E-state index contributed by atoms with van der Waals surface area (Å²) < 4.78 is 15.5. The van der Waals surface area contributed by atoms with Crippen LogP contribution >= 0.6 is 0 Å². The molecular weight excluding hydrogens is 236 g/mol. The van der Waals surface area contributed by atoms with Crippen molar-refractivity contribution in [2.45, 2.75) is 19.4 Å². The Bertz CT molecular complexity index is 360.